The molecule has 0 bridgehead atoms. The average Bonchev–Trinajstić information content (AvgIpc) is 2.30. The predicted octanol–water partition coefficient (Wildman–Crippen LogP) is 3.33. The molecule has 1 aliphatic heterocycles. The van der Waals surface area contributed by atoms with Crippen LogP contribution in [0, 0.1) is 5.92 Å². The molecule has 0 spiro atoms. The van der Waals surface area contributed by atoms with Crippen molar-refractivity contribution in [1.82, 2.24) is 5.32 Å². The number of rotatable bonds is 3. The molecule has 3 heteroatoms. The summed E-state index contributed by atoms with van der Waals surface area (Å²) in [6.45, 7) is 1.50. The van der Waals surface area contributed by atoms with Gasteiger partial charge in [0.25, 0.3) is 0 Å². The lowest BCUT2D eigenvalue weighted by atomic mass is 9.90. The second-order valence-electron chi connectivity index (χ2n) is 4.43. The van der Waals surface area contributed by atoms with Crippen molar-refractivity contribution in [2.75, 3.05) is 13.1 Å². The van der Waals surface area contributed by atoms with Gasteiger partial charge in [-0.1, -0.05) is 28.1 Å². The number of alkyl halides is 1. The van der Waals surface area contributed by atoms with Crippen molar-refractivity contribution in [2.45, 2.75) is 25.4 Å². The molecule has 1 saturated heterocycles. The van der Waals surface area contributed by atoms with Gasteiger partial charge in [0.05, 0.1) is 0 Å². The highest BCUT2D eigenvalue weighted by Crippen LogP contribution is 2.22. The first-order valence-electron chi connectivity index (χ1n) is 5.85. The molecule has 0 aromatic heterocycles. The van der Waals surface area contributed by atoms with Crippen LogP contribution in [-0.4, -0.2) is 19.3 Å². The summed E-state index contributed by atoms with van der Waals surface area (Å²) in [5.74, 6) is 0.241. The van der Waals surface area contributed by atoms with Gasteiger partial charge in [-0.25, -0.2) is 4.39 Å². The smallest absolute Gasteiger partial charge is 0.115 e. The van der Waals surface area contributed by atoms with E-state index in [4.69, 9.17) is 0 Å². The van der Waals surface area contributed by atoms with E-state index < -0.39 is 6.17 Å². The fourth-order valence-corrected chi connectivity index (χ4v) is 2.47. The second-order valence-corrected chi connectivity index (χ2v) is 5.35. The zero-order chi connectivity index (χ0) is 11.4. The monoisotopic (exact) mass is 285 g/mol. The first kappa shape index (κ1) is 12.1. The van der Waals surface area contributed by atoms with E-state index in [9.17, 15) is 4.39 Å². The van der Waals surface area contributed by atoms with E-state index in [2.05, 4.69) is 33.4 Å². The van der Waals surface area contributed by atoms with Crippen LogP contribution >= 0.6 is 15.9 Å². The Balaban J connectivity index is 1.84. The van der Waals surface area contributed by atoms with E-state index in [-0.39, 0.29) is 5.92 Å². The molecule has 1 aliphatic rings. The third-order valence-electron chi connectivity index (χ3n) is 3.26. The van der Waals surface area contributed by atoms with Crippen molar-refractivity contribution < 1.29 is 4.39 Å². The van der Waals surface area contributed by atoms with Gasteiger partial charge in [-0.2, -0.15) is 0 Å². The number of nitrogens with one attached hydrogen (secondary N) is 1. The summed E-state index contributed by atoms with van der Waals surface area (Å²) in [6, 6.07) is 8.31. The van der Waals surface area contributed by atoms with E-state index in [1.165, 1.54) is 5.56 Å². The van der Waals surface area contributed by atoms with Crippen LogP contribution in [0.5, 0.6) is 0 Å². The van der Waals surface area contributed by atoms with Gasteiger partial charge >= 0.3 is 0 Å². The lowest BCUT2D eigenvalue weighted by Gasteiger charge is -2.26. The third kappa shape index (κ3) is 3.29. The first-order chi connectivity index (χ1) is 7.75. The summed E-state index contributed by atoms with van der Waals surface area (Å²) in [5, 5.41) is 3.09. The van der Waals surface area contributed by atoms with Gasteiger partial charge in [-0.05, 0) is 49.4 Å². The molecular weight excluding hydrogens is 269 g/mol. The first-order valence-corrected chi connectivity index (χ1v) is 6.64. The number of halogens is 2. The quantitative estimate of drug-likeness (QED) is 0.898. The van der Waals surface area contributed by atoms with Crippen molar-refractivity contribution >= 4 is 15.9 Å². The van der Waals surface area contributed by atoms with Crippen molar-refractivity contribution in [3.63, 3.8) is 0 Å². The van der Waals surface area contributed by atoms with Crippen molar-refractivity contribution in [3.8, 4) is 0 Å². The molecule has 2 rings (SSSR count). The van der Waals surface area contributed by atoms with Crippen LogP contribution in [-0.2, 0) is 6.42 Å². The Hall–Kier alpha value is -0.410. The molecule has 0 unspecified atom stereocenters. The van der Waals surface area contributed by atoms with E-state index in [0.717, 1.165) is 30.3 Å². The van der Waals surface area contributed by atoms with Gasteiger partial charge in [-0.3, -0.25) is 0 Å². The summed E-state index contributed by atoms with van der Waals surface area (Å²) < 4.78 is 14.6. The fourth-order valence-electron chi connectivity index (χ4n) is 2.20. The highest BCUT2D eigenvalue weighted by Gasteiger charge is 2.23. The van der Waals surface area contributed by atoms with Crippen LogP contribution in [0.1, 0.15) is 18.4 Å². The predicted molar refractivity (Wildman–Crippen MR) is 68.3 cm³/mol. The summed E-state index contributed by atoms with van der Waals surface area (Å²) in [6.07, 6.45) is 2.25. The minimum atomic E-state index is -0.663. The maximum absolute atomic E-state index is 13.5. The van der Waals surface area contributed by atoms with Crippen LogP contribution in [0.3, 0.4) is 0 Å². The largest absolute Gasteiger partial charge is 0.314 e. The van der Waals surface area contributed by atoms with Crippen LogP contribution in [0.4, 0.5) is 4.39 Å². The molecule has 1 aromatic carbocycles. The van der Waals surface area contributed by atoms with E-state index in [1.807, 2.05) is 12.1 Å². The van der Waals surface area contributed by atoms with Crippen LogP contribution < -0.4 is 5.32 Å². The summed E-state index contributed by atoms with van der Waals surface area (Å²) in [4.78, 5) is 0. The molecule has 2 atom stereocenters. The van der Waals surface area contributed by atoms with E-state index >= 15 is 0 Å². The highest BCUT2D eigenvalue weighted by atomic mass is 79.9. The van der Waals surface area contributed by atoms with E-state index in [1.54, 1.807) is 0 Å². The number of piperidine rings is 1. The Labute approximate surface area is 105 Å². The highest BCUT2D eigenvalue weighted by molar-refractivity contribution is 9.10. The van der Waals surface area contributed by atoms with Gasteiger partial charge in [0.1, 0.15) is 6.17 Å². The lowest BCUT2D eigenvalue weighted by molar-refractivity contribution is 0.172. The molecule has 1 nitrogen and oxygen atoms in total. The average molecular weight is 286 g/mol. The molecule has 1 aromatic rings. The molecule has 1 fully saturated rings. The van der Waals surface area contributed by atoms with Crippen LogP contribution in [0.2, 0.25) is 0 Å². The number of hydrogen-bond acceptors (Lipinski definition) is 1. The van der Waals surface area contributed by atoms with Gasteiger partial charge in [0.15, 0.2) is 0 Å². The zero-order valence-electron chi connectivity index (χ0n) is 9.26. The molecule has 0 radical (unpaired) electrons. The molecule has 88 valence electrons. The van der Waals surface area contributed by atoms with Gasteiger partial charge in [-0.15, -0.1) is 0 Å². The number of hydrogen-bond donors (Lipinski definition) is 1. The molecule has 0 saturated carbocycles. The Morgan fingerprint density at radius 3 is 2.75 bits per heavy atom. The molecule has 0 aliphatic carbocycles. The molecule has 0 amide bonds. The SMILES string of the molecule is F[C@@H]1CNCC[C@@H]1CCc1ccc(Br)cc1. The standard InChI is InChI=1S/C13H17BrFN/c14-12-5-2-10(3-6-12)1-4-11-7-8-16-9-13(11)15/h2-3,5-6,11,13,16H,1,4,7-9H2/t11-,13+/m0/s1. The topological polar surface area (TPSA) is 12.0 Å². The molecule has 1 N–H and O–H groups in total. The Morgan fingerprint density at radius 2 is 2.06 bits per heavy atom. The number of aryl methyl sites for hydroxylation is 1. The minimum Gasteiger partial charge on any atom is -0.314 e. The fraction of sp³-hybridized carbons (Fsp3) is 0.538. The normalized spacial score (nSPS) is 25.6. The molecular formula is C13H17BrFN. The Bertz CT molecular complexity index is 325. The van der Waals surface area contributed by atoms with Gasteiger partial charge in [0, 0.05) is 11.0 Å². The third-order valence-corrected chi connectivity index (χ3v) is 3.79. The van der Waals surface area contributed by atoms with Crippen LogP contribution in [0.25, 0.3) is 0 Å². The summed E-state index contributed by atoms with van der Waals surface area (Å²) >= 11 is 3.41. The number of benzene rings is 1. The summed E-state index contributed by atoms with van der Waals surface area (Å²) in [5.41, 5.74) is 1.30. The Morgan fingerprint density at radius 1 is 1.31 bits per heavy atom. The van der Waals surface area contributed by atoms with Gasteiger partial charge < -0.3 is 5.32 Å². The maximum Gasteiger partial charge on any atom is 0.115 e. The maximum atomic E-state index is 13.5. The van der Waals surface area contributed by atoms with Crippen molar-refractivity contribution in [1.29, 1.82) is 0 Å². The van der Waals surface area contributed by atoms with Crippen molar-refractivity contribution in [3.05, 3.63) is 34.3 Å². The lowest BCUT2D eigenvalue weighted by Crippen LogP contribution is -2.38. The molecule has 16 heavy (non-hydrogen) atoms. The Kier molecular flexibility index (Phi) is 4.36. The zero-order valence-corrected chi connectivity index (χ0v) is 10.8. The van der Waals surface area contributed by atoms with E-state index in [0.29, 0.717) is 6.54 Å². The molecule has 1 heterocycles. The summed E-state index contributed by atoms with van der Waals surface area (Å²) in [7, 11) is 0. The minimum absolute atomic E-state index is 0.241. The van der Waals surface area contributed by atoms with Crippen molar-refractivity contribution in [2.24, 2.45) is 5.92 Å². The van der Waals surface area contributed by atoms with Gasteiger partial charge in [0.2, 0.25) is 0 Å². The van der Waals surface area contributed by atoms with Crippen LogP contribution in [0.15, 0.2) is 28.7 Å². The second kappa shape index (κ2) is 5.78.